The molecule has 0 aromatic heterocycles. The Balaban J connectivity index is 0.00000336. The molecular weight excluding hydrogens is 498 g/mol. The molecule has 1 N–H and O–H groups in total. The molecule has 206 valence electrons. The monoisotopic (exact) mass is 539 g/mol. The van der Waals surface area contributed by atoms with E-state index in [9.17, 15) is 9.59 Å². The number of benzene rings is 2. The van der Waals surface area contributed by atoms with Crippen LogP contribution in [0.2, 0.25) is 0 Å². The zero-order chi connectivity index (χ0) is 25.7. The lowest BCUT2D eigenvalue weighted by atomic mass is 9.77. The van der Waals surface area contributed by atoms with Crippen LogP contribution in [0.15, 0.2) is 54.6 Å². The van der Waals surface area contributed by atoms with E-state index in [1.807, 2.05) is 35.2 Å². The van der Waals surface area contributed by atoms with Gasteiger partial charge in [0.2, 0.25) is 11.8 Å². The third-order valence-electron chi connectivity index (χ3n) is 8.93. The van der Waals surface area contributed by atoms with Gasteiger partial charge in [0.05, 0.1) is 18.6 Å². The van der Waals surface area contributed by atoms with Gasteiger partial charge in [0.15, 0.2) is 0 Å². The number of amides is 2. The van der Waals surface area contributed by atoms with Gasteiger partial charge in [0.25, 0.3) is 0 Å². The highest BCUT2D eigenvalue weighted by Crippen LogP contribution is 2.42. The molecule has 2 aromatic carbocycles. The SMILES string of the molecule is COc1ccc(CN2CCC3(CCN(CC[C@H](NC(=O)C4CCCC4)c4ccccc4)CC3)C2=O)cc1.Cl. The van der Waals surface area contributed by atoms with Gasteiger partial charge in [-0.2, -0.15) is 0 Å². The number of halogens is 1. The molecule has 2 aromatic rings. The summed E-state index contributed by atoms with van der Waals surface area (Å²) >= 11 is 0. The number of likely N-dealkylation sites (tertiary alicyclic amines) is 2. The van der Waals surface area contributed by atoms with E-state index in [0.29, 0.717) is 12.5 Å². The second-order valence-electron chi connectivity index (χ2n) is 11.2. The Hall–Kier alpha value is -2.57. The number of hydrogen-bond donors (Lipinski definition) is 1. The molecule has 1 saturated carbocycles. The Morgan fingerprint density at radius 1 is 1.00 bits per heavy atom. The van der Waals surface area contributed by atoms with Gasteiger partial charge >= 0.3 is 0 Å². The number of carbonyl (C=O) groups is 2. The van der Waals surface area contributed by atoms with Crippen molar-refractivity contribution in [1.82, 2.24) is 15.1 Å². The summed E-state index contributed by atoms with van der Waals surface area (Å²) in [6.45, 7) is 4.34. The van der Waals surface area contributed by atoms with Crippen LogP contribution >= 0.6 is 12.4 Å². The van der Waals surface area contributed by atoms with Crippen molar-refractivity contribution in [1.29, 1.82) is 0 Å². The third kappa shape index (κ3) is 6.52. The van der Waals surface area contributed by atoms with Gasteiger partial charge in [-0.05, 0) is 74.9 Å². The Bertz CT molecular complexity index is 1050. The summed E-state index contributed by atoms with van der Waals surface area (Å²) in [7, 11) is 1.67. The molecule has 38 heavy (non-hydrogen) atoms. The minimum atomic E-state index is -0.196. The molecule has 2 saturated heterocycles. The second-order valence-corrected chi connectivity index (χ2v) is 11.2. The number of methoxy groups -OCH3 is 1. The first-order valence-corrected chi connectivity index (χ1v) is 14.1. The smallest absolute Gasteiger partial charge is 0.229 e. The highest BCUT2D eigenvalue weighted by atomic mass is 35.5. The largest absolute Gasteiger partial charge is 0.497 e. The highest BCUT2D eigenvalue weighted by Gasteiger charge is 2.47. The Labute approximate surface area is 233 Å². The summed E-state index contributed by atoms with van der Waals surface area (Å²) < 4.78 is 5.26. The van der Waals surface area contributed by atoms with Gasteiger partial charge in [-0.1, -0.05) is 55.3 Å². The molecule has 0 unspecified atom stereocenters. The van der Waals surface area contributed by atoms with E-state index >= 15 is 0 Å². The van der Waals surface area contributed by atoms with Crippen LogP contribution in [0.5, 0.6) is 5.75 Å². The molecule has 0 radical (unpaired) electrons. The van der Waals surface area contributed by atoms with E-state index in [1.54, 1.807) is 7.11 Å². The standard InChI is InChI=1S/C31H41N3O3.ClH/c1-37-27-13-11-24(12-14-27)23-34-22-18-31(30(34)36)16-20-33(21-17-31)19-15-28(25-7-3-2-4-8-25)32-29(35)26-9-5-6-10-26;/h2-4,7-8,11-14,26,28H,5-6,9-10,15-23H2,1H3,(H,32,35);1H/t28-;/m0./s1. The fraction of sp³-hybridized carbons (Fsp3) is 0.548. The van der Waals surface area contributed by atoms with Gasteiger partial charge in [0.1, 0.15) is 5.75 Å². The van der Waals surface area contributed by atoms with Crippen molar-refractivity contribution in [3.8, 4) is 5.75 Å². The normalized spacial score (nSPS) is 20.3. The summed E-state index contributed by atoms with van der Waals surface area (Å²) in [6.07, 6.45) is 8.08. The average molecular weight is 540 g/mol. The van der Waals surface area contributed by atoms with E-state index in [-0.39, 0.29) is 35.7 Å². The molecular formula is C31H42ClN3O3. The molecule has 3 fully saturated rings. The Morgan fingerprint density at radius 2 is 1.66 bits per heavy atom. The van der Waals surface area contributed by atoms with Crippen LogP contribution in [0.1, 0.15) is 68.5 Å². The third-order valence-corrected chi connectivity index (χ3v) is 8.93. The van der Waals surface area contributed by atoms with Crippen molar-refractivity contribution in [2.24, 2.45) is 11.3 Å². The summed E-state index contributed by atoms with van der Waals surface area (Å²) in [5.41, 5.74) is 2.14. The van der Waals surface area contributed by atoms with Gasteiger partial charge < -0.3 is 19.9 Å². The van der Waals surface area contributed by atoms with Crippen molar-refractivity contribution in [3.05, 3.63) is 65.7 Å². The molecule has 1 atom stereocenters. The molecule has 5 rings (SSSR count). The van der Waals surface area contributed by atoms with Crippen molar-refractivity contribution in [2.45, 2.75) is 64.0 Å². The zero-order valence-corrected chi connectivity index (χ0v) is 23.4. The van der Waals surface area contributed by atoms with Crippen LogP contribution in [-0.4, -0.2) is 54.9 Å². The number of nitrogens with one attached hydrogen (secondary N) is 1. The predicted molar refractivity (Wildman–Crippen MR) is 152 cm³/mol. The van der Waals surface area contributed by atoms with Crippen molar-refractivity contribution < 1.29 is 14.3 Å². The van der Waals surface area contributed by atoms with Crippen LogP contribution in [0.25, 0.3) is 0 Å². The number of rotatable bonds is 9. The van der Waals surface area contributed by atoms with Crippen LogP contribution in [0, 0.1) is 11.3 Å². The lowest BCUT2D eigenvalue weighted by molar-refractivity contribution is -0.139. The van der Waals surface area contributed by atoms with E-state index in [0.717, 1.165) is 76.0 Å². The molecule has 2 amide bonds. The van der Waals surface area contributed by atoms with E-state index in [2.05, 4.69) is 34.5 Å². The number of piperidine rings is 1. The first kappa shape index (κ1) is 28.4. The van der Waals surface area contributed by atoms with Crippen molar-refractivity contribution in [3.63, 3.8) is 0 Å². The predicted octanol–water partition coefficient (Wildman–Crippen LogP) is 5.37. The molecule has 6 nitrogen and oxygen atoms in total. The maximum Gasteiger partial charge on any atom is 0.229 e. The molecule has 2 heterocycles. The van der Waals surface area contributed by atoms with Gasteiger partial charge in [-0.15, -0.1) is 12.4 Å². The van der Waals surface area contributed by atoms with Crippen LogP contribution in [-0.2, 0) is 16.1 Å². The molecule has 1 spiro atoms. The fourth-order valence-electron chi connectivity index (χ4n) is 6.46. The quantitative estimate of drug-likeness (QED) is 0.465. The Morgan fingerprint density at radius 3 is 2.32 bits per heavy atom. The van der Waals surface area contributed by atoms with E-state index in [1.165, 1.54) is 18.4 Å². The minimum Gasteiger partial charge on any atom is -0.497 e. The zero-order valence-electron chi connectivity index (χ0n) is 22.6. The second kappa shape index (κ2) is 13.0. The number of hydrogen-bond acceptors (Lipinski definition) is 4. The maximum absolute atomic E-state index is 13.4. The van der Waals surface area contributed by atoms with E-state index in [4.69, 9.17) is 4.74 Å². The van der Waals surface area contributed by atoms with Crippen LogP contribution in [0.4, 0.5) is 0 Å². The molecule has 1 aliphatic carbocycles. The van der Waals surface area contributed by atoms with Crippen LogP contribution in [0.3, 0.4) is 0 Å². The summed E-state index contributed by atoms with van der Waals surface area (Å²) in [5, 5.41) is 3.37. The number of nitrogens with zero attached hydrogens (tertiary/aromatic N) is 2. The highest BCUT2D eigenvalue weighted by molar-refractivity contribution is 5.85. The molecule has 3 aliphatic rings. The van der Waals surface area contributed by atoms with Crippen LogP contribution < -0.4 is 10.1 Å². The number of carbonyl (C=O) groups excluding carboxylic acids is 2. The average Bonchev–Trinajstić information content (AvgIpc) is 3.58. The number of ether oxygens (including phenoxy) is 1. The lowest BCUT2D eigenvalue weighted by Crippen LogP contribution is -2.45. The topological polar surface area (TPSA) is 61.9 Å². The summed E-state index contributed by atoms with van der Waals surface area (Å²) in [6, 6.07) is 18.4. The summed E-state index contributed by atoms with van der Waals surface area (Å²) in [5.74, 6) is 1.56. The molecule has 7 heteroatoms. The molecule has 2 aliphatic heterocycles. The van der Waals surface area contributed by atoms with Gasteiger partial charge in [-0.25, -0.2) is 0 Å². The lowest BCUT2D eigenvalue weighted by Gasteiger charge is -2.38. The van der Waals surface area contributed by atoms with Gasteiger partial charge in [0, 0.05) is 25.6 Å². The Kier molecular flexibility index (Phi) is 9.72. The van der Waals surface area contributed by atoms with Crippen molar-refractivity contribution >= 4 is 24.2 Å². The first-order valence-electron chi connectivity index (χ1n) is 14.1. The maximum atomic E-state index is 13.4. The van der Waals surface area contributed by atoms with Crippen molar-refractivity contribution in [2.75, 3.05) is 33.3 Å². The van der Waals surface area contributed by atoms with Gasteiger partial charge in [-0.3, -0.25) is 9.59 Å². The molecule has 0 bridgehead atoms. The minimum absolute atomic E-state index is 0. The summed E-state index contributed by atoms with van der Waals surface area (Å²) in [4.78, 5) is 30.9. The first-order chi connectivity index (χ1) is 18.1. The van der Waals surface area contributed by atoms with E-state index < -0.39 is 0 Å². The fourth-order valence-corrected chi connectivity index (χ4v) is 6.46.